The molecule has 4 atom stereocenters. The van der Waals surface area contributed by atoms with Gasteiger partial charge in [0.1, 0.15) is 5.75 Å². The van der Waals surface area contributed by atoms with Crippen molar-refractivity contribution in [3.05, 3.63) is 59.9 Å². The van der Waals surface area contributed by atoms with Crippen molar-refractivity contribution in [2.75, 3.05) is 13.1 Å². The lowest BCUT2D eigenvalue weighted by atomic mass is 9.52. The second-order valence-corrected chi connectivity index (χ2v) is 9.59. The minimum absolute atomic E-state index is 0.00443. The molecular formula is C25H28N4O4. The third-order valence-corrected chi connectivity index (χ3v) is 7.45. The first-order valence-corrected chi connectivity index (χ1v) is 11.5. The molecule has 1 aliphatic heterocycles. The average Bonchev–Trinajstić information content (AvgIpc) is 2.81. The molecule has 1 spiro atoms. The van der Waals surface area contributed by atoms with Crippen LogP contribution in [0.25, 0.3) is 0 Å². The minimum Gasteiger partial charge on any atom is -0.467 e. The molecule has 3 aliphatic carbocycles. The number of amides is 3. The van der Waals surface area contributed by atoms with E-state index in [4.69, 9.17) is 4.74 Å². The molecule has 1 aromatic carbocycles. The van der Waals surface area contributed by atoms with Gasteiger partial charge in [0.05, 0.1) is 11.1 Å². The standard InChI is InChI=1S/C25H28N4O4/c1-24-9-8-17(25(15-24)29-22(31)18-6-2-3-7-20(18)33-25)13-19(24)23(32)28-12-11-27-21(30)16-5-4-10-26-14-16/h2-7,10,14,17,19H,8-9,11-13,15H2,1H3,(H,27,30)(H,28,32)(H,29,31). The van der Waals surface area contributed by atoms with Crippen LogP contribution in [0.1, 0.15) is 53.3 Å². The minimum atomic E-state index is -0.757. The molecule has 6 rings (SSSR count). The average molecular weight is 449 g/mol. The molecule has 33 heavy (non-hydrogen) atoms. The van der Waals surface area contributed by atoms with Crippen molar-refractivity contribution in [1.29, 1.82) is 0 Å². The van der Waals surface area contributed by atoms with Crippen LogP contribution in [-0.2, 0) is 4.79 Å². The Morgan fingerprint density at radius 2 is 2.00 bits per heavy atom. The van der Waals surface area contributed by atoms with Crippen molar-refractivity contribution in [2.45, 2.75) is 38.3 Å². The van der Waals surface area contributed by atoms with Crippen molar-refractivity contribution in [2.24, 2.45) is 17.3 Å². The number of hydrogen-bond donors (Lipinski definition) is 3. The Balaban J connectivity index is 1.20. The van der Waals surface area contributed by atoms with Crippen LogP contribution in [0.4, 0.5) is 0 Å². The normalized spacial score (nSPS) is 29.5. The van der Waals surface area contributed by atoms with Gasteiger partial charge in [0.2, 0.25) is 5.91 Å². The summed E-state index contributed by atoms with van der Waals surface area (Å²) in [7, 11) is 0. The fourth-order valence-electron chi connectivity index (χ4n) is 5.74. The highest BCUT2D eigenvalue weighted by molar-refractivity contribution is 5.98. The van der Waals surface area contributed by atoms with Crippen LogP contribution in [0, 0.1) is 17.3 Å². The largest absolute Gasteiger partial charge is 0.467 e. The Hall–Kier alpha value is -3.42. The summed E-state index contributed by atoms with van der Waals surface area (Å²) in [5, 5.41) is 8.93. The van der Waals surface area contributed by atoms with Crippen LogP contribution in [0.3, 0.4) is 0 Å². The van der Waals surface area contributed by atoms with Crippen molar-refractivity contribution in [3.8, 4) is 5.75 Å². The lowest BCUT2D eigenvalue weighted by Crippen LogP contribution is -2.69. The summed E-state index contributed by atoms with van der Waals surface area (Å²) in [5.74, 6) is 0.191. The van der Waals surface area contributed by atoms with Gasteiger partial charge in [-0.3, -0.25) is 19.4 Å². The Labute approximate surface area is 192 Å². The lowest BCUT2D eigenvalue weighted by Gasteiger charge is -2.59. The molecule has 4 aliphatic rings. The Morgan fingerprint density at radius 1 is 1.18 bits per heavy atom. The van der Waals surface area contributed by atoms with Crippen LogP contribution in [0.15, 0.2) is 48.8 Å². The third-order valence-electron chi connectivity index (χ3n) is 7.45. The number of nitrogens with zero attached hydrogens (tertiary/aromatic N) is 1. The molecular weight excluding hydrogens is 420 g/mol. The fraction of sp³-hybridized carbons (Fsp3) is 0.440. The van der Waals surface area contributed by atoms with Crippen molar-refractivity contribution >= 4 is 17.7 Å². The van der Waals surface area contributed by atoms with E-state index in [2.05, 4.69) is 27.9 Å². The number of carbonyl (C=O) groups is 3. The molecule has 4 unspecified atom stereocenters. The Morgan fingerprint density at radius 3 is 2.79 bits per heavy atom. The molecule has 0 radical (unpaired) electrons. The van der Waals surface area contributed by atoms with E-state index in [-0.39, 0.29) is 35.0 Å². The van der Waals surface area contributed by atoms with Crippen LogP contribution < -0.4 is 20.7 Å². The molecule has 3 N–H and O–H groups in total. The van der Waals surface area contributed by atoms with Gasteiger partial charge in [-0.15, -0.1) is 0 Å². The molecule has 3 amide bonds. The Kier molecular flexibility index (Phi) is 5.31. The SMILES string of the molecule is CC12CCC(CC1C(=O)NCCNC(=O)c1cccnc1)C1(C2)NC(=O)c2ccccc2O1. The first kappa shape index (κ1) is 21.4. The van der Waals surface area contributed by atoms with E-state index < -0.39 is 5.72 Å². The zero-order chi connectivity index (χ0) is 23.1. The summed E-state index contributed by atoms with van der Waals surface area (Å²) < 4.78 is 6.41. The van der Waals surface area contributed by atoms with Gasteiger partial charge in [0.15, 0.2) is 5.72 Å². The number of ether oxygens (including phenoxy) is 1. The Bertz CT molecular complexity index is 1090. The highest BCUT2D eigenvalue weighted by atomic mass is 16.5. The molecule has 0 saturated heterocycles. The quantitative estimate of drug-likeness (QED) is 0.608. The molecule has 3 saturated carbocycles. The number of rotatable bonds is 5. The number of nitrogens with one attached hydrogen (secondary N) is 3. The van der Waals surface area contributed by atoms with Gasteiger partial charge in [0, 0.05) is 43.7 Å². The van der Waals surface area contributed by atoms with Crippen LogP contribution in [-0.4, -0.2) is 41.5 Å². The molecule has 8 heteroatoms. The molecule has 2 heterocycles. The van der Waals surface area contributed by atoms with Gasteiger partial charge in [-0.05, 0) is 48.9 Å². The first-order chi connectivity index (χ1) is 15.9. The molecule has 1 aromatic heterocycles. The number of aromatic nitrogens is 1. The lowest BCUT2D eigenvalue weighted by molar-refractivity contribution is -0.167. The summed E-state index contributed by atoms with van der Waals surface area (Å²) >= 11 is 0. The summed E-state index contributed by atoms with van der Waals surface area (Å²) in [4.78, 5) is 41.9. The zero-order valence-electron chi connectivity index (χ0n) is 18.6. The van der Waals surface area contributed by atoms with Gasteiger partial charge in [-0.1, -0.05) is 19.1 Å². The van der Waals surface area contributed by atoms with Crippen molar-refractivity contribution in [3.63, 3.8) is 0 Å². The number of fused-ring (bicyclic) bond motifs is 3. The summed E-state index contributed by atoms with van der Waals surface area (Å²) in [6, 6.07) is 10.7. The van der Waals surface area contributed by atoms with E-state index >= 15 is 0 Å². The zero-order valence-corrected chi connectivity index (χ0v) is 18.6. The van der Waals surface area contributed by atoms with Crippen LogP contribution in [0.2, 0.25) is 0 Å². The van der Waals surface area contributed by atoms with Crippen LogP contribution >= 0.6 is 0 Å². The summed E-state index contributed by atoms with van der Waals surface area (Å²) in [6.07, 6.45) is 6.20. The van der Waals surface area contributed by atoms with E-state index in [1.54, 1.807) is 24.4 Å². The summed E-state index contributed by atoms with van der Waals surface area (Å²) in [5.41, 5.74) is 0.00393. The highest BCUT2D eigenvalue weighted by Gasteiger charge is 2.61. The predicted molar refractivity (Wildman–Crippen MR) is 120 cm³/mol. The van der Waals surface area contributed by atoms with Gasteiger partial charge in [0.25, 0.3) is 11.8 Å². The second-order valence-electron chi connectivity index (χ2n) is 9.59. The van der Waals surface area contributed by atoms with Gasteiger partial charge < -0.3 is 20.7 Å². The van der Waals surface area contributed by atoms with E-state index in [0.717, 1.165) is 12.8 Å². The second kappa shape index (κ2) is 8.17. The molecule has 172 valence electrons. The van der Waals surface area contributed by atoms with Crippen molar-refractivity contribution in [1.82, 2.24) is 20.9 Å². The monoisotopic (exact) mass is 448 g/mol. The predicted octanol–water partition coefficient (Wildman–Crippen LogP) is 2.27. The molecule has 2 aromatic rings. The number of hydrogen-bond acceptors (Lipinski definition) is 5. The van der Waals surface area contributed by atoms with E-state index in [1.165, 1.54) is 6.20 Å². The topological polar surface area (TPSA) is 109 Å². The van der Waals surface area contributed by atoms with E-state index in [1.807, 2.05) is 18.2 Å². The number of carbonyl (C=O) groups excluding carboxylic acids is 3. The van der Waals surface area contributed by atoms with Gasteiger partial charge >= 0.3 is 0 Å². The smallest absolute Gasteiger partial charge is 0.258 e. The maximum absolute atomic E-state index is 13.1. The van der Waals surface area contributed by atoms with Gasteiger partial charge in [-0.25, -0.2) is 0 Å². The maximum Gasteiger partial charge on any atom is 0.258 e. The van der Waals surface area contributed by atoms with E-state index in [9.17, 15) is 14.4 Å². The molecule has 8 nitrogen and oxygen atoms in total. The van der Waals surface area contributed by atoms with Crippen molar-refractivity contribution < 1.29 is 19.1 Å². The van der Waals surface area contributed by atoms with Gasteiger partial charge in [-0.2, -0.15) is 0 Å². The number of benzene rings is 1. The highest BCUT2D eigenvalue weighted by Crippen LogP contribution is 2.58. The molecule has 3 fully saturated rings. The summed E-state index contributed by atoms with van der Waals surface area (Å²) in [6.45, 7) is 2.81. The number of para-hydroxylation sites is 1. The maximum atomic E-state index is 13.1. The van der Waals surface area contributed by atoms with E-state index in [0.29, 0.717) is 42.8 Å². The number of pyridine rings is 1. The fourth-order valence-corrected chi connectivity index (χ4v) is 5.74. The third kappa shape index (κ3) is 3.83. The molecule has 2 bridgehead atoms. The first-order valence-electron chi connectivity index (χ1n) is 11.5. The van der Waals surface area contributed by atoms with Crippen LogP contribution in [0.5, 0.6) is 5.75 Å².